The Bertz CT molecular complexity index is 267. The normalized spacial score (nSPS) is 33.4. The number of carbonyl (C=O) groups is 1. The van der Waals surface area contributed by atoms with Gasteiger partial charge in [0.05, 0.1) is 13.2 Å². The lowest BCUT2D eigenvalue weighted by Crippen LogP contribution is -2.55. The Morgan fingerprint density at radius 2 is 2.38 bits per heavy atom. The van der Waals surface area contributed by atoms with Crippen LogP contribution in [0, 0.1) is 0 Å². The number of methoxy groups -OCH3 is 1. The highest BCUT2D eigenvalue weighted by atomic mass is 16.5. The van der Waals surface area contributed by atoms with Crippen molar-refractivity contribution in [3.05, 3.63) is 0 Å². The molecular weight excluding hydrogens is 210 g/mol. The third-order valence-electron chi connectivity index (χ3n) is 3.35. The number of esters is 1. The largest absolute Gasteiger partial charge is 0.467 e. The van der Waals surface area contributed by atoms with Gasteiger partial charge in [-0.15, -0.1) is 0 Å². The predicted octanol–water partition coefficient (Wildman–Crippen LogP) is 0.0675. The fourth-order valence-corrected chi connectivity index (χ4v) is 1.73. The number of hydrogen-bond donors (Lipinski definition) is 2. The number of carbonyl (C=O) groups excluding carboxylic acids is 1. The molecule has 1 aliphatic heterocycles. The van der Waals surface area contributed by atoms with Crippen LogP contribution in [0.3, 0.4) is 0 Å². The van der Waals surface area contributed by atoms with Crippen LogP contribution in [0.2, 0.25) is 0 Å². The van der Waals surface area contributed by atoms with Crippen LogP contribution in [-0.4, -0.2) is 48.6 Å². The highest BCUT2D eigenvalue weighted by Crippen LogP contribution is 2.25. The summed E-state index contributed by atoms with van der Waals surface area (Å²) in [6.07, 6.45) is 0.937. The van der Waals surface area contributed by atoms with Crippen LogP contribution >= 0.6 is 0 Å². The smallest absolute Gasteiger partial charge is 0.338 e. The Balaban J connectivity index is 2.53. The van der Waals surface area contributed by atoms with Crippen LogP contribution in [-0.2, 0) is 14.3 Å². The van der Waals surface area contributed by atoms with E-state index in [1.807, 2.05) is 13.8 Å². The number of β-amino-alcohol motifs (C(OH)–C–C–N with tert-alkyl or cyclic N) is 1. The average molecular weight is 231 g/mol. The first kappa shape index (κ1) is 13.4. The van der Waals surface area contributed by atoms with Gasteiger partial charge >= 0.3 is 5.97 Å². The van der Waals surface area contributed by atoms with Crippen molar-refractivity contribution in [1.29, 1.82) is 0 Å². The zero-order valence-corrected chi connectivity index (χ0v) is 10.4. The molecule has 0 radical (unpaired) electrons. The van der Waals surface area contributed by atoms with E-state index in [1.54, 1.807) is 0 Å². The van der Waals surface area contributed by atoms with E-state index >= 15 is 0 Å². The lowest BCUT2D eigenvalue weighted by Gasteiger charge is -2.32. The standard InChI is InChI=1S/C11H21NO4/c1-8-10(2,5-6-16-8)12-7-11(3,14)9(13)15-4/h8,12,14H,5-7H2,1-4H3. The summed E-state index contributed by atoms with van der Waals surface area (Å²) in [4.78, 5) is 11.3. The average Bonchev–Trinajstić information content (AvgIpc) is 2.56. The van der Waals surface area contributed by atoms with E-state index in [4.69, 9.17) is 4.74 Å². The van der Waals surface area contributed by atoms with Crippen LogP contribution in [0.1, 0.15) is 27.2 Å². The van der Waals surface area contributed by atoms with Gasteiger partial charge in [0.1, 0.15) is 0 Å². The minimum Gasteiger partial charge on any atom is -0.467 e. The molecule has 1 rings (SSSR count). The molecule has 16 heavy (non-hydrogen) atoms. The van der Waals surface area contributed by atoms with Crippen molar-refractivity contribution in [2.45, 2.75) is 44.4 Å². The summed E-state index contributed by atoms with van der Waals surface area (Å²) in [5.41, 5.74) is -1.70. The van der Waals surface area contributed by atoms with Gasteiger partial charge in [-0.1, -0.05) is 0 Å². The molecule has 1 aliphatic rings. The van der Waals surface area contributed by atoms with E-state index in [1.165, 1.54) is 14.0 Å². The van der Waals surface area contributed by atoms with E-state index < -0.39 is 11.6 Å². The van der Waals surface area contributed by atoms with Crippen molar-refractivity contribution < 1.29 is 19.4 Å². The molecule has 3 atom stereocenters. The molecule has 94 valence electrons. The Morgan fingerprint density at radius 1 is 1.75 bits per heavy atom. The molecular formula is C11H21NO4. The second-order valence-electron chi connectivity index (χ2n) is 4.80. The minimum atomic E-state index is -1.50. The predicted molar refractivity (Wildman–Crippen MR) is 59.1 cm³/mol. The first-order valence-electron chi connectivity index (χ1n) is 5.49. The third kappa shape index (κ3) is 2.72. The monoisotopic (exact) mass is 231 g/mol. The van der Waals surface area contributed by atoms with Gasteiger partial charge in [-0.2, -0.15) is 0 Å². The fraction of sp³-hybridized carbons (Fsp3) is 0.909. The molecule has 0 spiro atoms. The van der Waals surface area contributed by atoms with Gasteiger partial charge in [0, 0.05) is 18.7 Å². The highest BCUT2D eigenvalue weighted by molar-refractivity contribution is 5.78. The molecule has 5 heteroatoms. The first-order valence-corrected chi connectivity index (χ1v) is 5.49. The molecule has 0 amide bonds. The number of nitrogens with one attached hydrogen (secondary N) is 1. The molecule has 0 aromatic heterocycles. The zero-order chi connectivity index (χ0) is 12.4. The molecule has 0 aromatic carbocycles. The van der Waals surface area contributed by atoms with Crippen molar-refractivity contribution in [1.82, 2.24) is 5.32 Å². The first-order chi connectivity index (χ1) is 7.32. The maximum atomic E-state index is 11.3. The van der Waals surface area contributed by atoms with Crippen molar-refractivity contribution >= 4 is 5.97 Å². The summed E-state index contributed by atoms with van der Waals surface area (Å²) in [7, 11) is 1.26. The summed E-state index contributed by atoms with van der Waals surface area (Å²) in [6.45, 7) is 6.30. The van der Waals surface area contributed by atoms with Crippen LogP contribution in [0.25, 0.3) is 0 Å². The van der Waals surface area contributed by atoms with E-state index in [0.717, 1.165) is 6.42 Å². The van der Waals surface area contributed by atoms with Crippen LogP contribution in [0.4, 0.5) is 0 Å². The van der Waals surface area contributed by atoms with Crippen molar-refractivity contribution in [3.63, 3.8) is 0 Å². The lowest BCUT2D eigenvalue weighted by molar-refractivity contribution is -0.160. The van der Waals surface area contributed by atoms with Gasteiger partial charge in [0.25, 0.3) is 0 Å². The fourth-order valence-electron chi connectivity index (χ4n) is 1.73. The lowest BCUT2D eigenvalue weighted by atomic mass is 9.93. The molecule has 2 N–H and O–H groups in total. The Kier molecular flexibility index (Phi) is 3.93. The summed E-state index contributed by atoms with van der Waals surface area (Å²) in [6, 6.07) is 0. The van der Waals surface area contributed by atoms with Gasteiger partial charge in [0.2, 0.25) is 0 Å². The number of ether oxygens (including phenoxy) is 2. The maximum absolute atomic E-state index is 11.3. The quantitative estimate of drug-likeness (QED) is 0.670. The molecule has 1 heterocycles. The number of aliphatic hydroxyl groups is 1. The summed E-state index contributed by atoms with van der Waals surface area (Å²) in [5.74, 6) is -0.629. The van der Waals surface area contributed by atoms with E-state index in [2.05, 4.69) is 10.1 Å². The van der Waals surface area contributed by atoms with Gasteiger partial charge in [-0.3, -0.25) is 0 Å². The SMILES string of the molecule is COC(=O)C(C)(O)CNC1(C)CCOC1C. The van der Waals surface area contributed by atoms with Crippen LogP contribution < -0.4 is 5.32 Å². The zero-order valence-electron chi connectivity index (χ0n) is 10.4. The summed E-state index contributed by atoms with van der Waals surface area (Å²) >= 11 is 0. The van der Waals surface area contributed by atoms with E-state index in [-0.39, 0.29) is 18.2 Å². The summed E-state index contributed by atoms with van der Waals surface area (Å²) in [5, 5.41) is 13.1. The molecule has 1 saturated heterocycles. The van der Waals surface area contributed by atoms with Gasteiger partial charge in [0.15, 0.2) is 5.60 Å². The van der Waals surface area contributed by atoms with Gasteiger partial charge in [-0.25, -0.2) is 4.79 Å². The Morgan fingerprint density at radius 3 is 2.81 bits per heavy atom. The van der Waals surface area contributed by atoms with Crippen molar-refractivity contribution in [3.8, 4) is 0 Å². The van der Waals surface area contributed by atoms with E-state index in [0.29, 0.717) is 6.61 Å². The molecule has 0 aliphatic carbocycles. The van der Waals surface area contributed by atoms with Crippen LogP contribution in [0.5, 0.6) is 0 Å². The van der Waals surface area contributed by atoms with Gasteiger partial charge in [-0.05, 0) is 27.2 Å². The second-order valence-corrected chi connectivity index (χ2v) is 4.80. The third-order valence-corrected chi connectivity index (χ3v) is 3.35. The summed E-state index contributed by atoms with van der Waals surface area (Å²) < 4.78 is 9.99. The van der Waals surface area contributed by atoms with Crippen LogP contribution in [0.15, 0.2) is 0 Å². The second kappa shape index (κ2) is 4.69. The van der Waals surface area contributed by atoms with E-state index in [9.17, 15) is 9.90 Å². The molecule has 1 fully saturated rings. The molecule has 5 nitrogen and oxygen atoms in total. The topological polar surface area (TPSA) is 67.8 Å². The van der Waals surface area contributed by atoms with Crippen molar-refractivity contribution in [2.24, 2.45) is 0 Å². The molecule has 0 bridgehead atoms. The molecule has 3 unspecified atom stereocenters. The highest BCUT2D eigenvalue weighted by Gasteiger charge is 2.40. The molecule has 0 saturated carbocycles. The van der Waals surface area contributed by atoms with Gasteiger partial charge < -0.3 is 19.9 Å². The Hall–Kier alpha value is -0.650. The number of hydrogen-bond acceptors (Lipinski definition) is 5. The van der Waals surface area contributed by atoms with Crippen molar-refractivity contribution in [2.75, 3.05) is 20.3 Å². The maximum Gasteiger partial charge on any atom is 0.338 e. The minimum absolute atomic E-state index is 0.0703. The number of rotatable bonds is 4. The Labute approximate surface area is 96.1 Å². The molecule has 0 aromatic rings.